The number of aryl methyl sites for hydroxylation is 1. The molecule has 1 aromatic carbocycles. The van der Waals surface area contributed by atoms with E-state index in [1.54, 1.807) is 31.3 Å². The standard InChI is InChI=1S/C20H21N3O4S/c1-15-7-8-18(28(25,26)23-14-17-6-4-12-27-17)13-19(15)20(24)22-11-9-16-5-2-3-10-21-16/h2-8,10,12-13,23H,9,11,14H2,1H3,(H,22,24). The average Bonchev–Trinajstić information content (AvgIpc) is 3.21. The van der Waals surface area contributed by atoms with E-state index in [4.69, 9.17) is 4.42 Å². The Bertz CT molecular complexity index is 1030. The van der Waals surface area contributed by atoms with Crippen LogP contribution in [0.15, 0.2) is 70.3 Å². The van der Waals surface area contributed by atoms with Gasteiger partial charge in [-0.1, -0.05) is 12.1 Å². The van der Waals surface area contributed by atoms with Crippen molar-refractivity contribution in [3.63, 3.8) is 0 Å². The first-order chi connectivity index (χ1) is 13.5. The number of hydrogen-bond donors (Lipinski definition) is 2. The Kier molecular flexibility index (Phi) is 6.23. The number of nitrogens with zero attached hydrogens (tertiary/aromatic N) is 1. The molecule has 0 aliphatic carbocycles. The van der Waals surface area contributed by atoms with Gasteiger partial charge < -0.3 is 9.73 Å². The first-order valence-corrected chi connectivity index (χ1v) is 10.2. The highest BCUT2D eigenvalue weighted by atomic mass is 32.2. The maximum atomic E-state index is 12.5. The lowest BCUT2D eigenvalue weighted by molar-refractivity contribution is 0.0953. The Morgan fingerprint density at radius 1 is 1.14 bits per heavy atom. The van der Waals surface area contributed by atoms with Crippen molar-refractivity contribution in [1.82, 2.24) is 15.0 Å². The zero-order valence-corrected chi connectivity index (χ0v) is 16.2. The molecule has 146 valence electrons. The van der Waals surface area contributed by atoms with Gasteiger partial charge in [0.25, 0.3) is 5.91 Å². The number of sulfonamides is 1. The van der Waals surface area contributed by atoms with Crippen molar-refractivity contribution >= 4 is 15.9 Å². The molecule has 0 atom stereocenters. The summed E-state index contributed by atoms with van der Waals surface area (Å²) in [6.45, 7) is 2.21. The summed E-state index contributed by atoms with van der Waals surface area (Å²) in [6.07, 6.45) is 3.77. The van der Waals surface area contributed by atoms with Crippen molar-refractivity contribution in [2.24, 2.45) is 0 Å². The van der Waals surface area contributed by atoms with Crippen LogP contribution in [-0.2, 0) is 23.0 Å². The second kappa shape index (κ2) is 8.81. The lowest BCUT2D eigenvalue weighted by Crippen LogP contribution is -2.27. The van der Waals surface area contributed by atoms with Crippen molar-refractivity contribution in [1.29, 1.82) is 0 Å². The van der Waals surface area contributed by atoms with Gasteiger partial charge in [0, 0.05) is 30.4 Å². The molecule has 0 saturated carbocycles. The minimum atomic E-state index is -3.77. The summed E-state index contributed by atoms with van der Waals surface area (Å²) in [4.78, 5) is 16.8. The molecule has 0 aliphatic rings. The van der Waals surface area contributed by atoms with E-state index in [1.165, 1.54) is 18.4 Å². The second-order valence-electron chi connectivity index (χ2n) is 6.21. The lowest BCUT2D eigenvalue weighted by Gasteiger charge is -2.11. The van der Waals surface area contributed by atoms with Crippen LogP contribution in [0.3, 0.4) is 0 Å². The molecular formula is C20H21N3O4S. The van der Waals surface area contributed by atoms with Crippen LogP contribution in [0.1, 0.15) is 27.4 Å². The van der Waals surface area contributed by atoms with Gasteiger partial charge in [-0.3, -0.25) is 9.78 Å². The highest BCUT2D eigenvalue weighted by Gasteiger charge is 2.18. The molecular weight excluding hydrogens is 378 g/mol. The van der Waals surface area contributed by atoms with Crippen LogP contribution in [0.2, 0.25) is 0 Å². The number of carbonyl (C=O) groups is 1. The zero-order chi connectivity index (χ0) is 20.0. The topological polar surface area (TPSA) is 101 Å². The van der Waals surface area contributed by atoms with E-state index in [9.17, 15) is 13.2 Å². The summed E-state index contributed by atoms with van der Waals surface area (Å²) in [5, 5.41) is 2.81. The summed E-state index contributed by atoms with van der Waals surface area (Å²) >= 11 is 0. The molecule has 0 radical (unpaired) electrons. The third kappa shape index (κ3) is 5.05. The predicted octanol–water partition coefficient (Wildman–Crippen LogP) is 2.43. The highest BCUT2D eigenvalue weighted by molar-refractivity contribution is 7.89. The van der Waals surface area contributed by atoms with Crippen molar-refractivity contribution in [2.45, 2.75) is 24.8 Å². The van der Waals surface area contributed by atoms with Crippen LogP contribution >= 0.6 is 0 Å². The molecule has 28 heavy (non-hydrogen) atoms. The third-order valence-electron chi connectivity index (χ3n) is 4.17. The molecule has 3 rings (SSSR count). The van der Waals surface area contributed by atoms with Crippen molar-refractivity contribution < 1.29 is 17.6 Å². The van der Waals surface area contributed by atoms with Crippen LogP contribution in [0.4, 0.5) is 0 Å². The number of benzene rings is 1. The van der Waals surface area contributed by atoms with E-state index < -0.39 is 10.0 Å². The summed E-state index contributed by atoms with van der Waals surface area (Å²) < 4.78 is 32.6. The maximum Gasteiger partial charge on any atom is 0.251 e. The van der Waals surface area contributed by atoms with Crippen LogP contribution in [0.5, 0.6) is 0 Å². The fraction of sp³-hybridized carbons (Fsp3) is 0.200. The fourth-order valence-corrected chi connectivity index (χ4v) is 3.64. The molecule has 1 amide bonds. The largest absolute Gasteiger partial charge is 0.468 e. The zero-order valence-electron chi connectivity index (χ0n) is 15.4. The van der Waals surface area contributed by atoms with Crippen molar-refractivity contribution in [2.75, 3.05) is 6.54 Å². The molecule has 2 N–H and O–H groups in total. The maximum absolute atomic E-state index is 12.5. The molecule has 2 heterocycles. The van der Waals surface area contributed by atoms with E-state index in [2.05, 4.69) is 15.0 Å². The second-order valence-corrected chi connectivity index (χ2v) is 7.97. The number of aromatic nitrogens is 1. The van der Waals surface area contributed by atoms with Gasteiger partial charge >= 0.3 is 0 Å². The van der Waals surface area contributed by atoms with Gasteiger partial charge in [-0.05, 0) is 48.9 Å². The number of hydrogen-bond acceptors (Lipinski definition) is 5. The molecule has 8 heteroatoms. The molecule has 0 spiro atoms. The third-order valence-corrected chi connectivity index (χ3v) is 5.57. The predicted molar refractivity (Wildman–Crippen MR) is 104 cm³/mol. The number of pyridine rings is 1. The van der Waals surface area contributed by atoms with E-state index in [0.29, 0.717) is 29.9 Å². The average molecular weight is 399 g/mol. The Hall–Kier alpha value is -2.97. The highest BCUT2D eigenvalue weighted by Crippen LogP contribution is 2.16. The van der Waals surface area contributed by atoms with Crippen LogP contribution in [0, 0.1) is 6.92 Å². The smallest absolute Gasteiger partial charge is 0.251 e. The van der Waals surface area contributed by atoms with Gasteiger partial charge in [0.15, 0.2) is 0 Å². The molecule has 0 fully saturated rings. The molecule has 0 bridgehead atoms. The summed E-state index contributed by atoms with van der Waals surface area (Å²) in [5.41, 5.74) is 1.89. The Labute approximate surface area is 163 Å². The minimum Gasteiger partial charge on any atom is -0.468 e. The number of amides is 1. The van der Waals surface area contributed by atoms with E-state index >= 15 is 0 Å². The number of rotatable bonds is 8. The van der Waals surface area contributed by atoms with Gasteiger partial charge in [0.1, 0.15) is 5.76 Å². The summed E-state index contributed by atoms with van der Waals surface area (Å²) in [6, 6.07) is 13.4. The minimum absolute atomic E-state index is 0.0273. The normalized spacial score (nSPS) is 11.3. The van der Waals surface area contributed by atoms with Gasteiger partial charge in [-0.15, -0.1) is 0 Å². The summed E-state index contributed by atoms with van der Waals surface area (Å²) in [5.74, 6) is 0.180. The van der Waals surface area contributed by atoms with Gasteiger partial charge in [-0.2, -0.15) is 0 Å². The van der Waals surface area contributed by atoms with E-state index in [-0.39, 0.29) is 17.3 Å². The van der Waals surface area contributed by atoms with Crippen LogP contribution < -0.4 is 10.0 Å². The summed E-state index contributed by atoms with van der Waals surface area (Å²) in [7, 11) is -3.77. The Morgan fingerprint density at radius 2 is 2.00 bits per heavy atom. The molecule has 0 aliphatic heterocycles. The van der Waals surface area contributed by atoms with Gasteiger partial charge in [0.2, 0.25) is 10.0 Å². The first kappa shape index (κ1) is 19.8. The molecule has 7 nitrogen and oxygen atoms in total. The monoisotopic (exact) mass is 399 g/mol. The number of nitrogens with one attached hydrogen (secondary N) is 2. The quantitative estimate of drug-likeness (QED) is 0.606. The first-order valence-electron chi connectivity index (χ1n) is 8.76. The van der Waals surface area contributed by atoms with Crippen molar-refractivity contribution in [3.05, 3.63) is 83.6 Å². The van der Waals surface area contributed by atoms with Gasteiger partial charge in [0.05, 0.1) is 17.7 Å². The molecule has 0 saturated heterocycles. The molecule has 2 aromatic heterocycles. The number of carbonyl (C=O) groups excluding carboxylic acids is 1. The fourth-order valence-electron chi connectivity index (χ4n) is 2.62. The Balaban J connectivity index is 1.67. The molecule has 0 unspecified atom stereocenters. The van der Waals surface area contributed by atoms with Gasteiger partial charge in [-0.25, -0.2) is 13.1 Å². The van der Waals surface area contributed by atoms with E-state index in [1.807, 2.05) is 18.2 Å². The molecule has 3 aromatic rings. The SMILES string of the molecule is Cc1ccc(S(=O)(=O)NCc2ccco2)cc1C(=O)NCCc1ccccn1. The number of furan rings is 1. The lowest BCUT2D eigenvalue weighted by atomic mass is 10.1. The van der Waals surface area contributed by atoms with Crippen LogP contribution in [-0.4, -0.2) is 25.9 Å². The van der Waals surface area contributed by atoms with Crippen LogP contribution in [0.25, 0.3) is 0 Å². The Morgan fingerprint density at radius 3 is 2.71 bits per heavy atom. The van der Waals surface area contributed by atoms with Crippen molar-refractivity contribution in [3.8, 4) is 0 Å². The van der Waals surface area contributed by atoms with E-state index in [0.717, 1.165) is 5.69 Å².